The fourth-order valence-electron chi connectivity index (χ4n) is 3.03. The minimum atomic E-state index is -0.323. The Morgan fingerprint density at radius 3 is 2.42 bits per heavy atom. The average molecular weight is 530 g/mol. The fraction of sp³-hybridized carbons (Fsp3) is 0.350. The Hall–Kier alpha value is -1.91. The van der Waals surface area contributed by atoms with Gasteiger partial charge in [-0.3, -0.25) is 9.07 Å². The Bertz CT molecular complexity index is 892. The first-order valence-electron chi connectivity index (χ1n) is 8.30. The van der Waals surface area contributed by atoms with E-state index in [4.69, 9.17) is 0 Å². The molecule has 6 heteroatoms. The van der Waals surface area contributed by atoms with Gasteiger partial charge in [-0.15, -0.1) is 18.2 Å². The van der Waals surface area contributed by atoms with Crippen molar-refractivity contribution in [2.45, 2.75) is 41.2 Å². The Morgan fingerprint density at radius 2 is 1.81 bits per heavy atom. The van der Waals surface area contributed by atoms with Gasteiger partial charge in [-0.2, -0.15) is 5.10 Å². The Balaban J connectivity index is 0.00000243. The molecule has 1 aromatic heterocycles. The molecule has 26 heavy (non-hydrogen) atoms. The van der Waals surface area contributed by atoms with E-state index in [0.717, 1.165) is 22.3 Å². The van der Waals surface area contributed by atoms with Gasteiger partial charge in [-0.1, -0.05) is 72.0 Å². The van der Waals surface area contributed by atoms with Crippen LogP contribution in [0.1, 0.15) is 31.9 Å². The number of hydrogen-bond acceptors (Lipinski definition) is 3. The number of tetrazole rings is 1. The van der Waals surface area contributed by atoms with Gasteiger partial charge in [0, 0.05) is 32.5 Å². The van der Waals surface area contributed by atoms with Crippen LogP contribution in [-0.4, -0.2) is 20.2 Å². The van der Waals surface area contributed by atoms with Gasteiger partial charge < -0.3 is 0 Å². The minimum Gasteiger partial charge on any atom is -0.265 e. The molecule has 0 unspecified atom stereocenters. The van der Waals surface area contributed by atoms with Gasteiger partial charge in [0.25, 0.3) is 0 Å². The molecule has 0 aliphatic carbocycles. The number of halogens is 1. The third-order valence-electron chi connectivity index (χ3n) is 4.04. The largest absolute Gasteiger partial charge is 0.265 e. The van der Waals surface area contributed by atoms with Crippen molar-refractivity contribution in [2.75, 3.05) is 0 Å². The van der Waals surface area contributed by atoms with Gasteiger partial charge in [0.2, 0.25) is 0 Å². The molecule has 4 nitrogen and oxygen atoms in total. The predicted octanol–water partition coefficient (Wildman–Crippen LogP) is 4.61. The van der Waals surface area contributed by atoms with E-state index in [9.17, 15) is 4.39 Å². The quantitative estimate of drug-likeness (QED) is 0.466. The van der Waals surface area contributed by atoms with Crippen molar-refractivity contribution < 1.29 is 24.5 Å². The molecule has 139 valence electrons. The van der Waals surface area contributed by atoms with Crippen molar-refractivity contribution >= 4 is 0 Å². The molecular formula is C20H22FIrN4-. The molecule has 0 saturated heterocycles. The van der Waals surface area contributed by atoms with Crippen LogP contribution in [0.3, 0.4) is 0 Å². The molecule has 0 fully saturated rings. The standard InChI is InChI=1S/C20H22FN4.Ir/c1-13-7-6-8-14(2)18(13)17-11-15(21)9-10-16(17)19-22-23-24-25(19)12-20(3,4)5;/h6-9,11H,12H2,1-5H3;/q-1;. The number of aromatic nitrogens is 4. The summed E-state index contributed by atoms with van der Waals surface area (Å²) in [6.07, 6.45) is 0. The van der Waals surface area contributed by atoms with Crippen molar-refractivity contribution in [3.05, 3.63) is 53.3 Å². The molecule has 0 aliphatic rings. The second-order valence-corrected chi connectivity index (χ2v) is 7.59. The van der Waals surface area contributed by atoms with Gasteiger partial charge in [-0.25, -0.2) is 0 Å². The second-order valence-electron chi connectivity index (χ2n) is 7.59. The molecule has 0 saturated carbocycles. The van der Waals surface area contributed by atoms with Crippen molar-refractivity contribution in [1.29, 1.82) is 0 Å². The summed E-state index contributed by atoms with van der Waals surface area (Å²) in [6.45, 7) is 11.1. The zero-order valence-corrected chi connectivity index (χ0v) is 18.0. The molecule has 0 amide bonds. The van der Waals surface area contributed by atoms with Crippen molar-refractivity contribution in [3.8, 4) is 22.5 Å². The Labute approximate surface area is 167 Å². The van der Waals surface area contributed by atoms with Crippen LogP contribution in [0.15, 0.2) is 30.3 Å². The van der Waals surface area contributed by atoms with E-state index in [0.29, 0.717) is 17.9 Å². The molecule has 3 aromatic rings. The third kappa shape index (κ3) is 4.25. The molecule has 0 aliphatic heterocycles. The van der Waals surface area contributed by atoms with Gasteiger partial charge in [0.15, 0.2) is 0 Å². The summed E-state index contributed by atoms with van der Waals surface area (Å²) in [4.78, 5) is 0. The van der Waals surface area contributed by atoms with Crippen LogP contribution in [0, 0.1) is 31.1 Å². The van der Waals surface area contributed by atoms with E-state index in [2.05, 4.69) is 42.4 Å². The average Bonchev–Trinajstić information content (AvgIpc) is 2.93. The molecular weight excluding hydrogens is 507 g/mol. The Kier molecular flexibility index (Phi) is 6.09. The summed E-state index contributed by atoms with van der Waals surface area (Å²) in [5, 5.41) is 12.1. The van der Waals surface area contributed by atoms with Crippen molar-refractivity contribution in [2.24, 2.45) is 5.41 Å². The molecule has 1 heterocycles. The molecule has 0 atom stereocenters. The molecule has 1 radical (unpaired) electrons. The minimum absolute atomic E-state index is 0. The van der Waals surface area contributed by atoms with E-state index in [1.165, 1.54) is 12.1 Å². The Morgan fingerprint density at radius 1 is 1.15 bits per heavy atom. The summed E-state index contributed by atoms with van der Waals surface area (Å²) in [5.41, 5.74) is 4.65. The number of rotatable bonds is 3. The van der Waals surface area contributed by atoms with E-state index in [-0.39, 0.29) is 31.3 Å². The van der Waals surface area contributed by atoms with Crippen LogP contribution < -0.4 is 0 Å². The normalized spacial score (nSPS) is 11.3. The summed E-state index contributed by atoms with van der Waals surface area (Å²) in [7, 11) is 0. The molecule has 3 rings (SSSR count). The van der Waals surface area contributed by atoms with Gasteiger partial charge in [-0.05, 0) is 24.5 Å². The number of benzene rings is 2. The van der Waals surface area contributed by atoms with Crippen LogP contribution in [0.4, 0.5) is 4.39 Å². The number of aryl methyl sites for hydroxylation is 2. The maximum Gasteiger partial charge on any atom is 0.0990 e. The molecule has 2 aromatic carbocycles. The summed E-state index contributed by atoms with van der Waals surface area (Å²) in [6, 6.07) is 12.0. The van der Waals surface area contributed by atoms with Crippen LogP contribution >= 0.6 is 0 Å². The zero-order chi connectivity index (χ0) is 18.2. The van der Waals surface area contributed by atoms with E-state index < -0.39 is 0 Å². The van der Waals surface area contributed by atoms with Gasteiger partial charge >= 0.3 is 0 Å². The van der Waals surface area contributed by atoms with Gasteiger partial charge in [0.05, 0.1) is 5.82 Å². The predicted molar refractivity (Wildman–Crippen MR) is 96.4 cm³/mol. The topological polar surface area (TPSA) is 43.6 Å². The molecule has 0 spiro atoms. The SMILES string of the molecule is Cc1cccc(C)c1-c1cc(F)c[c-]c1-c1nnnn1CC(C)(C)C.[Ir]. The van der Waals surface area contributed by atoms with E-state index in [1.807, 2.05) is 32.0 Å². The fourth-order valence-corrected chi connectivity index (χ4v) is 3.03. The summed E-state index contributed by atoms with van der Waals surface area (Å²) < 4.78 is 15.8. The number of hydrogen-bond donors (Lipinski definition) is 0. The number of nitrogens with zero attached hydrogens (tertiary/aromatic N) is 4. The van der Waals surface area contributed by atoms with Crippen molar-refractivity contribution in [3.63, 3.8) is 0 Å². The smallest absolute Gasteiger partial charge is 0.0990 e. The first kappa shape index (κ1) is 20.4. The van der Waals surface area contributed by atoms with Crippen LogP contribution in [0.2, 0.25) is 0 Å². The first-order valence-corrected chi connectivity index (χ1v) is 8.30. The summed E-state index contributed by atoms with van der Waals surface area (Å²) >= 11 is 0. The molecule has 0 N–H and O–H groups in total. The monoisotopic (exact) mass is 530 g/mol. The van der Waals surface area contributed by atoms with Crippen LogP contribution in [0.25, 0.3) is 22.5 Å². The van der Waals surface area contributed by atoms with Crippen LogP contribution in [-0.2, 0) is 26.7 Å². The maximum absolute atomic E-state index is 14.0. The first-order chi connectivity index (χ1) is 11.8. The summed E-state index contributed by atoms with van der Waals surface area (Å²) in [5.74, 6) is 0.281. The zero-order valence-electron chi connectivity index (χ0n) is 15.6. The molecule has 0 bridgehead atoms. The van der Waals surface area contributed by atoms with Gasteiger partial charge in [0.1, 0.15) is 0 Å². The van der Waals surface area contributed by atoms with E-state index >= 15 is 0 Å². The van der Waals surface area contributed by atoms with Crippen LogP contribution in [0.5, 0.6) is 0 Å². The van der Waals surface area contributed by atoms with Crippen molar-refractivity contribution in [1.82, 2.24) is 20.2 Å². The third-order valence-corrected chi connectivity index (χ3v) is 4.04. The van der Waals surface area contributed by atoms with E-state index in [1.54, 1.807) is 4.68 Å². The maximum atomic E-state index is 14.0. The second kappa shape index (κ2) is 7.77.